The van der Waals surface area contributed by atoms with E-state index < -0.39 is 0 Å². The minimum atomic E-state index is 0.574. The van der Waals surface area contributed by atoms with Gasteiger partial charge in [-0.3, -0.25) is 0 Å². The standard InChI is InChI=1S/C17H23N3O/c1-12-3-6-14(7-4-12)10-18-16-9-15(8-5-13(16)2)17-20-19-11-21-17/h5,8-9,11-12,14,18H,3-4,6-7,10H2,1-2H3. The monoisotopic (exact) mass is 285 g/mol. The van der Waals surface area contributed by atoms with Gasteiger partial charge in [-0.1, -0.05) is 25.8 Å². The van der Waals surface area contributed by atoms with Gasteiger partial charge in [-0.15, -0.1) is 10.2 Å². The molecule has 0 amide bonds. The van der Waals surface area contributed by atoms with Crippen molar-refractivity contribution >= 4 is 5.69 Å². The maximum Gasteiger partial charge on any atom is 0.247 e. The lowest BCUT2D eigenvalue weighted by Crippen LogP contribution is -2.20. The molecule has 1 aromatic carbocycles. The number of rotatable bonds is 4. The van der Waals surface area contributed by atoms with Crippen LogP contribution in [0.1, 0.15) is 38.2 Å². The van der Waals surface area contributed by atoms with Crippen LogP contribution >= 0.6 is 0 Å². The van der Waals surface area contributed by atoms with E-state index in [1.807, 2.05) is 6.07 Å². The normalized spacial score (nSPS) is 22.2. The van der Waals surface area contributed by atoms with Crippen molar-refractivity contribution < 1.29 is 4.42 Å². The highest BCUT2D eigenvalue weighted by Gasteiger charge is 2.18. The lowest BCUT2D eigenvalue weighted by Gasteiger charge is -2.26. The third-order valence-electron chi connectivity index (χ3n) is 4.56. The molecule has 112 valence electrons. The minimum Gasteiger partial charge on any atom is -0.423 e. The molecule has 1 aliphatic carbocycles. The number of aromatic nitrogens is 2. The number of anilines is 1. The molecular weight excluding hydrogens is 262 g/mol. The fourth-order valence-electron chi connectivity index (χ4n) is 3.03. The summed E-state index contributed by atoms with van der Waals surface area (Å²) >= 11 is 0. The first-order valence-corrected chi connectivity index (χ1v) is 7.83. The number of nitrogens with one attached hydrogen (secondary N) is 1. The Kier molecular flexibility index (Phi) is 4.23. The SMILES string of the molecule is Cc1ccc(-c2nnco2)cc1NCC1CCC(C)CC1. The Bertz CT molecular complexity index is 572. The van der Waals surface area contributed by atoms with Crippen LogP contribution in [0.3, 0.4) is 0 Å². The van der Waals surface area contributed by atoms with Gasteiger partial charge in [0, 0.05) is 17.8 Å². The van der Waals surface area contributed by atoms with E-state index in [1.54, 1.807) is 0 Å². The Morgan fingerprint density at radius 1 is 1.24 bits per heavy atom. The summed E-state index contributed by atoms with van der Waals surface area (Å²) in [6.07, 6.45) is 6.79. The number of hydrogen-bond donors (Lipinski definition) is 1. The molecule has 21 heavy (non-hydrogen) atoms. The Morgan fingerprint density at radius 2 is 2.05 bits per heavy atom. The lowest BCUT2D eigenvalue weighted by atomic mass is 9.83. The Morgan fingerprint density at radius 3 is 2.76 bits per heavy atom. The fourth-order valence-corrected chi connectivity index (χ4v) is 3.03. The van der Waals surface area contributed by atoms with Crippen LogP contribution in [0.2, 0.25) is 0 Å². The smallest absolute Gasteiger partial charge is 0.247 e. The molecule has 0 atom stereocenters. The van der Waals surface area contributed by atoms with Crippen molar-refractivity contribution in [1.82, 2.24) is 10.2 Å². The first-order chi connectivity index (χ1) is 10.2. The summed E-state index contributed by atoms with van der Waals surface area (Å²) in [7, 11) is 0. The average Bonchev–Trinajstić information content (AvgIpc) is 3.02. The van der Waals surface area contributed by atoms with Crippen LogP contribution in [0.15, 0.2) is 29.0 Å². The van der Waals surface area contributed by atoms with Crippen LogP contribution in [0.25, 0.3) is 11.5 Å². The molecule has 0 unspecified atom stereocenters. The van der Waals surface area contributed by atoms with Gasteiger partial charge in [-0.05, 0) is 49.3 Å². The van der Waals surface area contributed by atoms with Crippen molar-refractivity contribution in [3.05, 3.63) is 30.2 Å². The zero-order valence-corrected chi connectivity index (χ0v) is 12.8. The molecule has 1 N–H and O–H groups in total. The van der Waals surface area contributed by atoms with Gasteiger partial charge in [0.2, 0.25) is 12.3 Å². The quantitative estimate of drug-likeness (QED) is 0.910. The number of aryl methyl sites for hydroxylation is 1. The van der Waals surface area contributed by atoms with E-state index in [0.29, 0.717) is 5.89 Å². The van der Waals surface area contributed by atoms with Gasteiger partial charge in [0.25, 0.3) is 0 Å². The summed E-state index contributed by atoms with van der Waals surface area (Å²) in [6, 6.07) is 6.23. The van der Waals surface area contributed by atoms with Gasteiger partial charge in [0.15, 0.2) is 0 Å². The predicted molar refractivity (Wildman–Crippen MR) is 84.1 cm³/mol. The van der Waals surface area contributed by atoms with E-state index in [4.69, 9.17) is 4.42 Å². The van der Waals surface area contributed by atoms with Crippen molar-refractivity contribution in [2.45, 2.75) is 39.5 Å². The first kappa shape index (κ1) is 14.1. The predicted octanol–water partition coefficient (Wildman–Crippen LogP) is 4.28. The highest BCUT2D eigenvalue weighted by molar-refractivity contribution is 5.64. The minimum absolute atomic E-state index is 0.574. The van der Waals surface area contributed by atoms with E-state index in [1.165, 1.54) is 43.3 Å². The second-order valence-corrected chi connectivity index (χ2v) is 6.28. The molecule has 1 heterocycles. The van der Waals surface area contributed by atoms with Crippen molar-refractivity contribution in [2.75, 3.05) is 11.9 Å². The number of nitrogens with zero attached hydrogens (tertiary/aromatic N) is 2. The molecule has 2 aromatic rings. The van der Waals surface area contributed by atoms with Crippen LogP contribution in [-0.4, -0.2) is 16.7 Å². The highest BCUT2D eigenvalue weighted by atomic mass is 16.4. The van der Waals surface area contributed by atoms with Gasteiger partial charge in [0.1, 0.15) is 0 Å². The molecule has 0 radical (unpaired) electrons. The van der Waals surface area contributed by atoms with Gasteiger partial charge < -0.3 is 9.73 Å². The molecule has 1 aromatic heterocycles. The summed E-state index contributed by atoms with van der Waals surface area (Å²) < 4.78 is 5.27. The largest absolute Gasteiger partial charge is 0.423 e. The van der Waals surface area contributed by atoms with Crippen molar-refractivity contribution in [2.24, 2.45) is 11.8 Å². The molecule has 0 saturated heterocycles. The highest BCUT2D eigenvalue weighted by Crippen LogP contribution is 2.29. The van der Waals surface area contributed by atoms with E-state index >= 15 is 0 Å². The van der Waals surface area contributed by atoms with E-state index in [2.05, 4.69) is 41.5 Å². The molecule has 4 heteroatoms. The molecule has 0 spiro atoms. The van der Waals surface area contributed by atoms with Crippen LogP contribution in [0.5, 0.6) is 0 Å². The van der Waals surface area contributed by atoms with Gasteiger partial charge >= 0.3 is 0 Å². The first-order valence-electron chi connectivity index (χ1n) is 7.83. The summed E-state index contributed by atoms with van der Waals surface area (Å²) in [5, 5.41) is 11.3. The summed E-state index contributed by atoms with van der Waals surface area (Å²) in [4.78, 5) is 0. The van der Waals surface area contributed by atoms with Crippen LogP contribution < -0.4 is 5.32 Å². The zero-order valence-electron chi connectivity index (χ0n) is 12.8. The van der Waals surface area contributed by atoms with Gasteiger partial charge in [0.05, 0.1) is 0 Å². The van der Waals surface area contributed by atoms with Crippen LogP contribution in [0, 0.1) is 18.8 Å². The van der Waals surface area contributed by atoms with Gasteiger partial charge in [-0.25, -0.2) is 0 Å². The third kappa shape index (κ3) is 3.43. The Balaban J connectivity index is 1.66. The second kappa shape index (κ2) is 6.29. The van der Waals surface area contributed by atoms with Crippen LogP contribution in [-0.2, 0) is 0 Å². The van der Waals surface area contributed by atoms with Crippen molar-refractivity contribution in [1.29, 1.82) is 0 Å². The summed E-state index contributed by atoms with van der Waals surface area (Å²) in [6.45, 7) is 5.55. The Labute approximate surface area is 126 Å². The molecule has 0 aliphatic heterocycles. The summed E-state index contributed by atoms with van der Waals surface area (Å²) in [5.41, 5.74) is 3.39. The van der Waals surface area contributed by atoms with Crippen molar-refractivity contribution in [3.8, 4) is 11.5 Å². The fraction of sp³-hybridized carbons (Fsp3) is 0.529. The number of benzene rings is 1. The zero-order chi connectivity index (χ0) is 14.7. The second-order valence-electron chi connectivity index (χ2n) is 6.28. The maximum absolute atomic E-state index is 5.27. The lowest BCUT2D eigenvalue weighted by molar-refractivity contribution is 0.300. The number of hydrogen-bond acceptors (Lipinski definition) is 4. The molecule has 3 rings (SSSR count). The average molecular weight is 285 g/mol. The molecule has 1 fully saturated rings. The maximum atomic E-state index is 5.27. The van der Waals surface area contributed by atoms with E-state index in [-0.39, 0.29) is 0 Å². The molecule has 0 bridgehead atoms. The van der Waals surface area contributed by atoms with Crippen LogP contribution in [0.4, 0.5) is 5.69 Å². The van der Waals surface area contributed by atoms with Crippen molar-refractivity contribution in [3.63, 3.8) is 0 Å². The summed E-state index contributed by atoms with van der Waals surface area (Å²) in [5.74, 6) is 2.28. The van der Waals surface area contributed by atoms with Gasteiger partial charge in [-0.2, -0.15) is 0 Å². The molecule has 1 aliphatic rings. The molecule has 4 nitrogen and oxygen atoms in total. The van der Waals surface area contributed by atoms with E-state index in [9.17, 15) is 0 Å². The van der Waals surface area contributed by atoms with E-state index in [0.717, 1.165) is 23.9 Å². The molecule has 1 saturated carbocycles. The Hall–Kier alpha value is -1.84. The topological polar surface area (TPSA) is 51.0 Å². The third-order valence-corrected chi connectivity index (χ3v) is 4.56. The molecular formula is C17H23N3O.